The minimum Gasteiger partial charge on any atom is -0.451 e. The van der Waals surface area contributed by atoms with Crippen LogP contribution < -0.4 is 5.32 Å². The number of nitrogens with one attached hydrogen (secondary N) is 3. The van der Waals surface area contributed by atoms with Crippen LogP contribution in [0.1, 0.15) is 31.6 Å². The van der Waals surface area contributed by atoms with E-state index in [1.807, 2.05) is 19.1 Å². The van der Waals surface area contributed by atoms with Crippen LogP contribution in [-0.4, -0.2) is 26.6 Å². The number of benzene rings is 1. The molecule has 128 valence electrons. The van der Waals surface area contributed by atoms with Gasteiger partial charge in [0.2, 0.25) is 0 Å². The zero-order valence-electron chi connectivity index (χ0n) is 13.8. The number of aromatic amines is 1. The minimum atomic E-state index is -0.334. The van der Waals surface area contributed by atoms with Crippen molar-refractivity contribution >= 4 is 22.9 Å². The molecule has 7 heteroatoms. The van der Waals surface area contributed by atoms with Crippen molar-refractivity contribution in [3.05, 3.63) is 60.7 Å². The number of aromatic nitrogens is 3. The number of hydrogen-bond acceptors (Lipinski definition) is 5. The number of oxazole rings is 1. The van der Waals surface area contributed by atoms with E-state index in [9.17, 15) is 4.79 Å². The second-order valence-corrected chi connectivity index (χ2v) is 5.56. The van der Waals surface area contributed by atoms with Crippen LogP contribution >= 0.6 is 0 Å². The number of anilines is 1. The van der Waals surface area contributed by atoms with E-state index in [0.29, 0.717) is 17.1 Å². The van der Waals surface area contributed by atoms with Crippen molar-refractivity contribution in [3.8, 4) is 11.3 Å². The largest absolute Gasteiger partial charge is 0.451 e. The van der Waals surface area contributed by atoms with Crippen molar-refractivity contribution in [2.24, 2.45) is 0 Å². The highest BCUT2D eigenvalue weighted by Gasteiger charge is 2.11. The molecule has 3 aromatic rings. The Hall–Kier alpha value is -3.48. The van der Waals surface area contributed by atoms with E-state index in [0.717, 1.165) is 16.8 Å². The summed E-state index contributed by atoms with van der Waals surface area (Å²) in [4.78, 5) is 23.4. The summed E-state index contributed by atoms with van der Waals surface area (Å²) in [5, 5.41) is 10.3. The van der Waals surface area contributed by atoms with Crippen LogP contribution in [0, 0.1) is 5.41 Å². The van der Waals surface area contributed by atoms with Gasteiger partial charge in [0.15, 0.2) is 12.2 Å². The third-order valence-electron chi connectivity index (χ3n) is 3.52. The fourth-order valence-electron chi connectivity index (χ4n) is 2.31. The number of rotatable bonds is 5. The monoisotopic (exact) mass is 337 g/mol. The maximum atomic E-state index is 12.3. The number of amides is 1. The normalized spacial score (nSPS) is 11.4. The summed E-state index contributed by atoms with van der Waals surface area (Å²) in [6, 6.07) is 7.27. The van der Waals surface area contributed by atoms with Gasteiger partial charge in [0.05, 0.1) is 11.9 Å². The maximum Gasteiger partial charge on any atom is 0.291 e. The average molecular weight is 337 g/mol. The van der Waals surface area contributed by atoms with Gasteiger partial charge in [-0.25, -0.2) is 9.97 Å². The molecular weight excluding hydrogens is 318 g/mol. The summed E-state index contributed by atoms with van der Waals surface area (Å²) < 4.78 is 4.96. The van der Waals surface area contributed by atoms with Gasteiger partial charge in [-0.3, -0.25) is 4.79 Å². The van der Waals surface area contributed by atoms with Crippen LogP contribution in [0.15, 0.2) is 53.6 Å². The summed E-state index contributed by atoms with van der Waals surface area (Å²) >= 11 is 0. The predicted molar refractivity (Wildman–Crippen MR) is 97.6 cm³/mol. The van der Waals surface area contributed by atoms with E-state index in [2.05, 4.69) is 20.3 Å². The Kier molecular flexibility index (Phi) is 4.56. The number of nitrogens with zero attached hydrogens (tertiary/aromatic N) is 2. The minimum absolute atomic E-state index is 0. The van der Waals surface area contributed by atoms with Crippen molar-refractivity contribution in [2.75, 3.05) is 5.32 Å². The quantitative estimate of drug-likeness (QED) is 0.611. The first kappa shape index (κ1) is 16.4. The van der Waals surface area contributed by atoms with Crippen LogP contribution in [0.5, 0.6) is 0 Å². The van der Waals surface area contributed by atoms with Gasteiger partial charge >= 0.3 is 0 Å². The summed E-state index contributed by atoms with van der Waals surface area (Å²) in [5.74, 6) is -0.120. The van der Waals surface area contributed by atoms with Crippen LogP contribution in [-0.2, 0) is 0 Å². The molecule has 0 spiro atoms. The van der Waals surface area contributed by atoms with Gasteiger partial charge in [0.1, 0.15) is 12.0 Å². The highest BCUT2D eigenvalue weighted by atomic mass is 16.3. The van der Waals surface area contributed by atoms with Crippen LogP contribution in [0.3, 0.4) is 0 Å². The Bertz CT molecular complexity index is 927. The average Bonchev–Trinajstić information content (AvgIpc) is 3.27. The molecule has 0 saturated carbocycles. The predicted octanol–water partition coefficient (Wildman–Crippen LogP) is 4.01. The van der Waals surface area contributed by atoms with Gasteiger partial charge in [0, 0.05) is 18.4 Å². The highest BCUT2D eigenvalue weighted by Crippen LogP contribution is 2.20. The van der Waals surface area contributed by atoms with Gasteiger partial charge in [-0.2, -0.15) is 0 Å². The molecule has 0 radical (unpaired) electrons. The van der Waals surface area contributed by atoms with E-state index < -0.39 is 0 Å². The molecule has 0 bridgehead atoms. The van der Waals surface area contributed by atoms with Gasteiger partial charge in [0.25, 0.3) is 5.91 Å². The maximum absolute atomic E-state index is 12.3. The number of hydrogen-bond donors (Lipinski definition) is 3. The molecule has 3 N–H and O–H groups in total. The molecule has 0 atom stereocenters. The number of H-pyrrole nitrogens is 1. The first-order chi connectivity index (χ1) is 12.0. The third kappa shape index (κ3) is 3.89. The molecule has 0 saturated heterocycles. The van der Waals surface area contributed by atoms with Crippen molar-refractivity contribution in [1.82, 2.24) is 15.0 Å². The SMILES string of the molecule is CC(=N)/C=C(/C)c1cnc(C(=O)Nc2ccc(-c3cocn3)cc2)[nH]1.[HH]. The lowest BCUT2D eigenvalue weighted by Crippen LogP contribution is -2.13. The number of imidazole rings is 1. The summed E-state index contributed by atoms with van der Waals surface area (Å²) in [5.41, 5.74) is 4.27. The Morgan fingerprint density at radius 2 is 2.04 bits per heavy atom. The van der Waals surface area contributed by atoms with Gasteiger partial charge in [-0.15, -0.1) is 0 Å². The molecule has 2 heterocycles. The summed E-state index contributed by atoms with van der Waals surface area (Å²) in [7, 11) is 0. The van der Waals surface area contributed by atoms with Crippen molar-refractivity contribution in [1.29, 1.82) is 5.41 Å². The van der Waals surface area contributed by atoms with Gasteiger partial charge in [-0.1, -0.05) is 12.1 Å². The molecule has 3 rings (SSSR count). The molecular formula is C18H19N5O2. The summed E-state index contributed by atoms with van der Waals surface area (Å²) in [6.45, 7) is 3.55. The van der Waals surface area contributed by atoms with Gasteiger partial charge < -0.3 is 20.1 Å². The molecule has 25 heavy (non-hydrogen) atoms. The Balaban J connectivity index is 0.00000243. The molecule has 0 fully saturated rings. The lowest BCUT2D eigenvalue weighted by atomic mass is 10.1. The lowest BCUT2D eigenvalue weighted by Gasteiger charge is -2.04. The van der Waals surface area contributed by atoms with Crippen LogP contribution in [0.2, 0.25) is 0 Å². The van der Waals surface area contributed by atoms with Crippen molar-refractivity contribution < 1.29 is 10.6 Å². The third-order valence-corrected chi connectivity index (χ3v) is 3.52. The van der Waals surface area contributed by atoms with E-state index in [-0.39, 0.29) is 13.2 Å². The number of carbonyl (C=O) groups is 1. The molecule has 0 aliphatic rings. The van der Waals surface area contributed by atoms with Crippen molar-refractivity contribution in [2.45, 2.75) is 13.8 Å². The Morgan fingerprint density at radius 3 is 2.68 bits per heavy atom. The second-order valence-electron chi connectivity index (χ2n) is 5.56. The molecule has 7 nitrogen and oxygen atoms in total. The lowest BCUT2D eigenvalue weighted by molar-refractivity contribution is 0.101. The fraction of sp³-hybridized carbons (Fsp3) is 0.111. The molecule has 1 amide bonds. The van der Waals surface area contributed by atoms with E-state index in [1.54, 1.807) is 37.6 Å². The highest BCUT2D eigenvalue weighted by molar-refractivity contribution is 6.02. The molecule has 2 aromatic heterocycles. The van der Waals surface area contributed by atoms with E-state index in [1.165, 1.54) is 6.39 Å². The van der Waals surface area contributed by atoms with Crippen LogP contribution in [0.4, 0.5) is 5.69 Å². The Morgan fingerprint density at radius 1 is 1.28 bits per heavy atom. The second kappa shape index (κ2) is 6.96. The molecule has 1 aromatic carbocycles. The molecule has 0 unspecified atom stereocenters. The Labute approximate surface area is 145 Å². The number of allylic oxidation sites excluding steroid dienone is 2. The van der Waals surface area contributed by atoms with Crippen LogP contribution in [0.25, 0.3) is 16.8 Å². The van der Waals surface area contributed by atoms with Gasteiger partial charge in [-0.05, 0) is 37.6 Å². The number of carbonyl (C=O) groups excluding carboxylic acids is 1. The molecule has 0 aliphatic heterocycles. The zero-order valence-corrected chi connectivity index (χ0v) is 13.8. The first-order valence-corrected chi connectivity index (χ1v) is 7.62. The topological polar surface area (TPSA) is 108 Å². The first-order valence-electron chi connectivity index (χ1n) is 7.62. The standard InChI is InChI=1S/C18H17N5O2.H2/c1-11(7-12(2)19)15-8-20-17(23-15)18(24)22-14-5-3-13(4-6-14)16-9-25-10-21-16;/h3-10,19H,1-2H3,(H,20,23)(H,22,24);1H/b11-7-,19-12?;. The molecule has 0 aliphatic carbocycles. The van der Waals surface area contributed by atoms with E-state index in [4.69, 9.17) is 9.83 Å². The smallest absolute Gasteiger partial charge is 0.291 e. The van der Waals surface area contributed by atoms with Crippen molar-refractivity contribution in [3.63, 3.8) is 0 Å². The van der Waals surface area contributed by atoms with E-state index >= 15 is 0 Å². The fourth-order valence-corrected chi connectivity index (χ4v) is 2.31. The summed E-state index contributed by atoms with van der Waals surface area (Å²) in [6.07, 6.45) is 6.22. The zero-order chi connectivity index (χ0) is 17.8.